The highest BCUT2D eigenvalue weighted by Crippen LogP contribution is 2.59. The second kappa shape index (κ2) is 4.51. The molecule has 0 radical (unpaired) electrons. The van der Waals surface area contributed by atoms with Crippen LogP contribution in [0.5, 0.6) is 0 Å². The molecule has 0 saturated carbocycles. The van der Waals surface area contributed by atoms with Crippen LogP contribution in [0, 0.1) is 22.2 Å². The first-order valence-electron chi connectivity index (χ1n) is 7.24. The lowest BCUT2D eigenvalue weighted by molar-refractivity contribution is -0.0340. The fourth-order valence-electron chi connectivity index (χ4n) is 4.29. The molecule has 0 aliphatic carbocycles. The molecule has 20 heavy (non-hydrogen) atoms. The normalized spacial score (nSPS) is 36.5. The number of carboxylic acid groups (broad SMARTS) is 1. The molecular weight excluding hydrogens is 252 g/mol. The minimum atomic E-state index is -0.880. The molecule has 3 atom stereocenters. The number of amides is 1. The fourth-order valence-corrected chi connectivity index (χ4v) is 4.29. The van der Waals surface area contributed by atoms with Gasteiger partial charge in [-0.3, -0.25) is 4.90 Å². The summed E-state index contributed by atoms with van der Waals surface area (Å²) in [5, 5.41) is 18.7. The van der Waals surface area contributed by atoms with Gasteiger partial charge in [-0.1, -0.05) is 26.8 Å². The number of piperidine rings is 1. The molecule has 0 aromatic heterocycles. The summed E-state index contributed by atoms with van der Waals surface area (Å²) in [5.41, 5.74) is -0.607. The van der Waals surface area contributed by atoms with Crippen LogP contribution in [-0.4, -0.2) is 27.7 Å². The highest BCUT2D eigenvalue weighted by molar-refractivity contribution is 5.68. The third-order valence-electron chi connectivity index (χ3n) is 5.56. The summed E-state index contributed by atoms with van der Waals surface area (Å²) in [5.74, 6) is 0. The Morgan fingerprint density at radius 1 is 1.60 bits per heavy atom. The van der Waals surface area contributed by atoms with Crippen LogP contribution < -0.4 is 0 Å². The van der Waals surface area contributed by atoms with Crippen molar-refractivity contribution in [3.8, 4) is 6.07 Å². The van der Waals surface area contributed by atoms with Gasteiger partial charge in [-0.15, -0.1) is 6.58 Å². The van der Waals surface area contributed by atoms with E-state index in [2.05, 4.69) is 33.4 Å². The number of nitriles is 1. The van der Waals surface area contributed by atoms with Gasteiger partial charge >= 0.3 is 6.09 Å². The molecule has 2 rings (SSSR count). The van der Waals surface area contributed by atoms with Crippen LogP contribution in [0.15, 0.2) is 12.7 Å². The Hall–Kier alpha value is -1.50. The van der Waals surface area contributed by atoms with Gasteiger partial charge in [0.2, 0.25) is 0 Å². The average Bonchev–Trinajstić information content (AvgIpc) is 2.57. The van der Waals surface area contributed by atoms with E-state index in [9.17, 15) is 15.2 Å². The molecule has 2 saturated heterocycles. The molecule has 2 bridgehead atoms. The number of carbonyl (C=O) groups is 1. The van der Waals surface area contributed by atoms with Gasteiger partial charge in [-0.25, -0.2) is 4.79 Å². The summed E-state index contributed by atoms with van der Waals surface area (Å²) in [6, 6.07) is 2.23. The van der Waals surface area contributed by atoms with Gasteiger partial charge in [0.1, 0.15) is 0 Å². The van der Waals surface area contributed by atoms with Crippen LogP contribution in [0.3, 0.4) is 0 Å². The van der Waals surface area contributed by atoms with Crippen molar-refractivity contribution in [2.75, 3.05) is 0 Å². The zero-order valence-corrected chi connectivity index (χ0v) is 12.6. The highest BCUT2D eigenvalue weighted by atomic mass is 16.4. The summed E-state index contributed by atoms with van der Waals surface area (Å²) in [6.07, 6.45) is 4.60. The Kier molecular flexibility index (Phi) is 3.36. The first kappa shape index (κ1) is 14.9. The Balaban J connectivity index is 2.48. The fraction of sp³-hybridized carbons (Fsp3) is 0.750. The SMILES string of the molecule is C=C[C@]1(C(C)(C)C)C[C@@H]2CC[C@](CC#N)(C1)N2C(=O)O. The van der Waals surface area contributed by atoms with E-state index in [1.54, 1.807) is 4.90 Å². The van der Waals surface area contributed by atoms with Gasteiger partial charge in [-0.05, 0) is 36.5 Å². The van der Waals surface area contributed by atoms with Crippen molar-refractivity contribution in [3.63, 3.8) is 0 Å². The van der Waals surface area contributed by atoms with E-state index in [1.807, 2.05) is 6.08 Å². The van der Waals surface area contributed by atoms with Crippen LogP contribution in [0.25, 0.3) is 0 Å². The van der Waals surface area contributed by atoms with Crippen molar-refractivity contribution < 1.29 is 9.90 Å². The summed E-state index contributed by atoms with van der Waals surface area (Å²) in [7, 11) is 0. The maximum atomic E-state index is 11.6. The molecule has 4 nitrogen and oxygen atoms in total. The number of hydrogen-bond donors (Lipinski definition) is 1. The number of allylic oxidation sites excluding steroid dienone is 1. The van der Waals surface area contributed by atoms with Crippen molar-refractivity contribution in [1.82, 2.24) is 4.90 Å². The van der Waals surface area contributed by atoms with Gasteiger partial charge in [0.15, 0.2) is 0 Å². The van der Waals surface area contributed by atoms with E-state index >= 15 is 0 Å². The van der Waals surface area contributed by atoms with E-state index in [-0.39, 0.29) is 23.3 Å². The van der Waals surface area contributed by atoms with Crippen LogP contribution in [0.2, 0.25) is 0 Å². The predicted molar refractivity (Wildman–Crippen MR) is 77.2 cm³/mol. The second-order valence-corrected chi connectivity index (χ2v) is 7.40. The van der Waals surface area contributed by atoms with E-state index in [0.29, 0.717) is 6.42 Å². The van der Waals surface area contributed by atoms with Gasteiger partial charge in [0, 0.05) is 6.04 Å². The van der Waals surface area contributed by atoms with Crippen LogP contribution >= 0.6 is 0 Å². The standard InChI is InChI=1S/C16H24N2O2/c1-5-15(14(2,3)4)10-12-6-7-16(11-15,8-9-17)18(12)13(19)20/h5,12H,1,6-8,10-11H2,2-4H3,(H,19,20)/t12-,15-,16-/m0/s1. The second-order valence-electron chi connectivity index (χ2n) is 7.40. The van der Waals surface area contributed by atoms with E-state index in [4.69, 9.17) is 0 Å². The first-order chi connectivity index (χ1) is 9.21. The van der Waals surface area contributed by atoms with E-state index in [0.717, 1.165) is 19.3 Å². The molecule has 2 aliphatic heterocycles. The molecular formula is C16H24N2O2. The Bertz CT molecular complexity index is 474. The number of rotatable bonds is 2. The van der Waals surface area contributed by atoms with Crippen molar-refractivity contribution in [1.29, 1.82) is 5.26 Å². The maximum Gasteiger partial charge on any atom is 0.408 e. The predicted octanol–water partition coefficient (Wildman–Crippen LogP) is 3.79. The van der Waals surface area contributed by atoms with Gasteiger partial charge in [0.05, 0.1) is 18.0 Å². The quantitative estimate of drug-likeness (QED) is 0.780. The monoisotopic (exact) mass is 276 g/mol. The summed E-state index contributed by atoms with van der Waals surface area (Å²) >= 11 is 0. The minimum absolute atomic E-state index is 0.0165. The zero-order valence-electron chi connectivity index (χ0n) is 12.6. The van der Waals surface area contributed by atoms with Crippen molar-refractivity contribution in [3.05, 3.63) is 12.7 Å². The summed E-state index contributed by atoms with van der Waals surface area (Å²) in [4.78, 5) is 13.2. The Morgan fingerprint density at radius 3 is 2.70 bits per heavy atom. The molecule has 2 fully saturated rings. The number of fused-ring (bicyclic) bond motifs is 2. The zero-order chi connectivity index (χ0) is 15.2. The molecule has 2 aliphatic rings. The van der Waals surface area contributed by atoms with Crippen molar-refractivity contribution in [2.45, 2.75) is 64.5 Å². The number of nitrogens with zero attached hydrogens (tertiary/aromatic N) is 2. The molecule has 2 heterocycles. The van der Waals surface area contributed by atoms with Gasteiger partial charge in [-0.2, -0.15) is 5.26 Å². The Morgan fingerprint density at radius 2 is 2.25 bits per heavy atom. The van der Waals surface area contributed by atoms with Crippen molar-refractivity contribution in [2.24, 2.45) is 10.8 Å². The van der Waals surface area contributed by atoms with Gasteiger partial charge in [0.25, 0.3) is 0 Å². The molecule has 0 aromatic carbocycles. The molecule has 1 amide bonds. The highest BCUT2D eigenvalue weighted by Gasteiger charge is 2.60. The summed E-state index contributed by atoms with van der Waals surface area (Å²) < 4.78 is 0. The Labute approximate surface area is 121 Å². The van der Waals surface area contributed by atoms with Gasteiger partial charge < -0.3 is 5.11 Å². The topological polar surface area (TPSA) is 64.3 Å². The van der Waals surface area contributed by atoms with E-state index < -0.39 is 11.6 Å². The minimum Gasteiger partial charge on any atom is -0.465 e. The van der Waals surface area contributed by atoms with Crippen LogP contribution in [-0.2, 0) is 0 Å². The van der Waals surface area contributed by atoms with Crippen LogP contribution in [0.1, 0.15) is 52.9 Å². The van der Waals surface area contributed by atoms with Crippen LogP contribution in [0.4, 0.5) is 4.79 Å². The largest absolute Gasteiger partial charge is 0.465 e. The molecule has 1 N–H and O–H groups in total. The molecule has 4 heteroatoms. The lowest BCUT2D eigenvalue weighted by Crippen LogP contribution is -2.59. The first-order valence-corrected chi connectivity index (χ1v) is 7.24. The third kappa shape index (κ3) is 1.91. The molecule has 110 valence electrons. The molecule has 0 unspecified atom stereocenters. The lowest BCUT2D eigenvalue weighted by Gasteiger charge is -2.55. The maximum absolute atomic E-state index is 11.6. The summed E-state index contributed by atoms with van der Waals surface area (Å²) in [6.45, 7) is 10.6. The molecule has 0 spiro atoms. The molecule has 0 aromatic rings. The van der Waals surface area contributed by atoms with Crippen molar-refractivity contribution >= 4 is 6.09 Å². The van der Waals surface area contributed by atoms with E-state index in [1.165, 1.54) is 0 Å². The average molecular weight is 276 g/mol. The third-order valence-corrected chi connectivity index (χ3v) is 5.56. The lowest BCUT2D eigenvalue weighted by atomic mass is 9.57. The number of hydrogen-bond acceptors (Lipinski definition) is 2. The smallest absolute Gasteiger partial charge is 0.408 e.